The highest BCUT2D eigenvalue weighted by Crippen LogP contribution is 2.21. The monoisotopic (exact) mass is 273 g/mol. The summed E-state index contributed by atoms with van der Waals surface area (Å²) in [6.07, 6.45) is 1.26. The summed E-state index contributed by atoms with van der Waals surface area (Å²) in [6.45, 7) is 6.69. The van der Waals surface area contributed by atoms with Gasteiger partial charge in [0.25, 0.3) is 0 Å². The van der Waals surface area contributed by atoms with Crippen molar-refractivity contribution in [1.29, 1.82) is 0 Å². The van der Waals surface area contributed by atoms with E-state index in [1.165, 1.54) is 10.5 Å². The third-order valence-corrected chi connectivity index (χ3v) is 5.18. The molecule has 2 rings (SSSR count). The number of nitrogens with one attached hydrogen (secondary N) is 1. The Kier molecular flexibility index (Phi) is 3.60. The third-order valence-electron chi connectivity index (χ3n) is 3.25. The maximum Gasteiger partial charge on any atom is 0.248 e. The third kappa shape index (κ3) is 2.36. The van der Waals surface area contributed by atoms with Gasteiger partial charge in [-0.15, -0.1) is 0 Å². The lowest BCUT2D eigenvalue weighted by molar-refractivity contribution is 0.154. The highest BCUT2D eigenvalue weighted by Gasteiger charge is 2.31. The number of sulfonamides is 1. The van der Waals surface area contributed by atoms with Crippen molar-refractivity contribution in [3.63, 3.8) is 0 Å². The highest BCUT2D eigenvalue weighted by atomic mass is 32.2. The fraction of sp³-hybridized carbons (Fsp3) is 0.700. The molecule has 0 aliphatic carbocycles. The lowest BCUT2D eigenvalue weighted by Crippen LogP contribution is -2.50. The number of piperazine rings is 1. The molecule has 0 radical (unpaired) electrons. The molecule has 1 aliphatic rings. The number of aromatic amines is 1. The van der Waals surface area contributed by atoms with E-state index in [2.05, 4.69) is 28.9 Å². The molecule has 1 aromatic rings. The van der Waals surface area contributed by atoms with Gasteiger partial charge in [0.1, 0.15) is 10.7 Å². The van der Waals surface area contributed by atoms with Crippen LogP contribution in [-0.2, 0) is 10.0 Å². The molecule has 102 valence electrons. The first kappa shape index (κ1) is 13.3. The molecule has 0 saturated carbocycles. The van der Waals surface area contributed by atoms with Crippen molar-refractivity contribution in [2.24, 2.45) is 0 Å². The maximum atomic E-state index is 12.3. The summed E-state index contributed by atoms with van der Waals surface area (Å²) in [5.41, 5.74) is 5.57. The van der Waals surface area contributed by atoms with Crippen LogP contribution in [0.1, 0.15) is 13.8 Å². The zero-order valence-electron chi connectivity index (χ0n) is 10.6. The summed E-state index contributed by atoms with van der Waals surface area (Å²) < 4.78 is 26.1. The lowest BCUT2D eigenvalue weighted by atomic mass is 10.3. The zero-order valence-corrected chi connectivity index (χ0v) is 11.4. The number of aromatic nitrogens is 2. The first-order valence-corrected chi connectivity index (χ1v) is 7.40. The Labute approximate surface area is 107 Å². The van der Waals surface area contributed by atoms with Gasteiger partial charge in [0, 0.05) is 32.2 Å². The van der Waals surface area contributed by atoms with Gasteiger partial charge in [0.05, 0.1) is 6.20 Å². The zero-order chi connectivity index (χ0) is 13.3. The Balaban J connectivity index is 2.12. The number of hydrogen-bond acceptors (Lipinski definition) is 5. The Morgan fingerprint density at radius 1 is 1.33 bits per heavy atom. The molecule has 0 aromatic carbocycles. The second kappa shape index (κ2) is 4.87. The molecule has 0 atom stereocenters. The van der Waals surface area contributed by atoms with E-state index < -0.39 is 10.0 Å². The van der Waals surface area contributed by atoms with Crippen LogP contribution < -0.4 is 5.73 Å². The summed E-state index contributed by atoms with van der Waals surface area (Å²) in [6, 6.07) is 0.439. The smallest absolute Gasteiger partial charge is 0.248 e. The highest BCUT2D eigenvalue weighted by molar-refractivity contribution is 7.89. The normalized spacial score (nSPS) is 19.5. The van der Waals surface area contributed by atoms with Crippen LogP contribution in [-0.4, -0.2) is 60.0 Å². The Morgan fingerprint density at radius 3 is 2.39 bits per heavy atom. The van der Waals surface area contributed by atoms with Gasteiger partial charge in [-0.05, 0) is 13.8 Å². The van der Waals surface area contributed by atoms with Crippen molar-refractivity contribution in [2.45, 2.75) is 24.8 Å². The van der Waals surface area contributed by atoms with Crippen LogP contribution in [0.15, 0.2) is 11.1 Å². The summed E-state index contributed by atoms with van der Waals surface area (Å²) in [5, 5.41) is 6.11. The Bertz CT molecular complexity index is 502. The van der Waals surface area contributed by atoms with E-state index in [-0.39, 0.29) is 10.7 Å². The average molecular weight is 273 g/mol. The molecule has 3 N–H and O–H groups in total. The minimum absolute atomic E-state index is 0.0699. The number of hydrogen-bond donors (Lipinski definition) is 2. The molecule has 1 fully saturated rings. The van der Waals surface area contributed by atoms with Crippen LogP contribution in [0.3, 0.4) is 0 Å². The molecule has 1 aliphatic heterocycles. The van der Waals surface area contributed by atoms with Crippen molar-refractivity contribution in [3.8, 4) is 0 Å². The van der Waals surface area contributed by atoms with Crippen LogP contribution in [0.25, 0.3) is 0 Å². The van der Waals surface area contributed by atoms with Gasteiger partial charge in [-0.2, -0.15) is 9.40 Å². The van der Waals surface area contributed by atoms with E-state index in [9.17, 15) is 8.42 Å². The Hall–Kier alpha value is -1.12. The van der Waals surface area contributed by atoms with E-state index in [4.69, 9.17) is 5.73 Å². The molecular weight excluding hydrogens is 254 g/mol. The van der Waals surface area contributed by atoms with E-state index >= 15 is 0 Å². The predicted octanol–water partition coefficient (Wildman–Crippen LogP) is -0.293. The molecule has 0 amide bonds. The lowest BCUT2D eigenvalue weighted by Gasteiger charge is -2.36. The number of anilines is 1. The largest absolute Gasteiger partial charge is 0.383 e. The molecule has 18 heavy (non-hydrogen) atoms. The fourth-order valence-corrected chi connectivity index (χ4v) is 3.52. The minimum Gasteiger partial charge on any atom is -0.383 e. The standard InChI is InChI=1S/C10H19N5O2S/c1-8(2)14-3-5-15(6-4-14)18(16,17)9-7-12-13-10(9)11/h7-8H,3-6H2,1-2H3,(H3,11,12,13). The van der Waals surface area contributed by atoms with E-state index in [0.717, 1.165) is 13.1 Å². The molecule has 1 aromatic heterocycles. The first-order chi connectivity index (χ1) is 8.43. The second-order valence-corrected chi connectivity index (χ2v) is 6.59. The number of nitrogens with zero attached hydrogens (tertiary/aromatic N) is 3. The van der Waals surface area contributed by atoms with Gasteiger partial charge in [0.15, 0.2) is 0 Å². The summed E-state index contributed by atoms with van der Waals surface area (Å²) in [4.78, 5) is 2.32. The van der Waals surface area contributed by atoms with Crippen LogP contribution in [0.5, 0.6) is 0 Å². The van der Waals surface area contributed by atoms with E-state index in [1.54, 1.807) is 0 Å². The summed E-state index contributed by atoms with van der Waals surface area (Å²) >= 11 is 0. The van der Waals surface area contributed by atoms with Gasteiger partial charge in [-0.3, -0.25) is 10.00 Å². The van der Waals surface area contributed by atoms with Gasteiger partial charge < -0.3 is 5.73 Å². The summed E-state index contributed by atoms with van der Waals surface area (Å²) in [7, 11) is -3.51. The van der Waals surface area contributed by atoms with Crippen molar-refractivity contribution in [2.75, 3.05) is 31.9 Å². The number of nitrogens with two attached hydrogens (primary N) is 1. The maximum absolute atomic E-state index is 12.3. The van der Waals surface area contributed by atoms with Crippen LogP contribution in [0.2, 0.25) is 0 Å². The van der Waals surface area contributed by atoms with Crippen molar-refractivity contribution >= 4 is 15.8 Å². The van der Waals surface area contributed by atoms with Gasteiger partial charge in [0.2, 0.25) is 10.0 Å². The molecule has 0 unspecified atom stereocenters. The average Bonchev–Trinajstić information content (AvgIpc) is 2.76. The Morgan fingerprint density at radius 2 is 1.94 bits per heavy atom. The molecule has 7 nitrogen and oxygen atoms in total. The SMILES string of the molecule is CC(C)N1CCN(S(=O)(=O)c2cn[nH]c2N)CC1. The van der Waals surface area contributed by atoms with E-state index in [1.807, 2.05) is 0 Å². The number of rotatable bonds is 3. The summed E-state index contributed by atoms with van der Waals surface area (Å²) in [5.74, 6) is 0.0984. The predicted molar refractivity (Wildman–Crippen MR) is 68.5 cm³/mol. The fourth-order valence-electron chi connectivity index (χ4n) is 2.09. The van der Waals surface area contributed by atoms with Crippen LogP contribution in [0.4, 0.5) is 5.82 Å². The molecule has 2 heterocycles. The minimum atomic E-state index is -3.51. The van der Waals surface area contributed by atoms with Gasteiger partial charge >= 0.3 is 0 Å². The topological polar surface area (TPSA) is 95.3 Å². The molecule has 1 saturated heterocycles. The van der Waals surface area contributed by atoms with Crippen molar-refractivity contribution < 1.29 is 8.42 Å². The number of H-pyrrole nitrogens is 1. The van der Waals surface area contributed by atoms with Crippen molar-refractivity contribution in [1.82, 2.24) is 19.4 Å². The quantitative estimate of drug-likeness (QED) is 0.789. The number of nitrogen functional groups attached to an aromatic ring is 1. The van der Waals surface area contributed by atoms with Crippen LogP contribution in [0, 0.1) is 0 Å². The van der Waals surface area contributed by atoms with Crippen molar-refractivity contribution in [3.05, 3.63) is 6.20 Å². The van der Waals surface area contributed by atoms with Gasteiger partial charge in [-0.25, -0.2) is 8.42 Å². The molecule has 8 heteroatoms. The molecular formula is C10H19N5O2S. The molecule has 0 spiro atoms. The molecule has 0 bridgehead atoms. The second-order valence-electron chi connectivity index (χ2n) is 4.68. The first-order valence-electron chi connectivity index (χ1n) is 5.96. The van der Waals surface area contributed by atoms with E-state index in [0.29, 0.717) is 19.1 Å². The van der Waals surface area contributed by atoms with Gasteiger partial charge in [-0.1, -0.05) is 0 Å². The van der Waals surface area contributed by atoms with Crippen LogP contribution >= 0.6 is 0 Å².